The lowest BCUT2D eigenvalue weighted by Crippen LogP contribution is -2.04. The maximum atomic E-state index is 10.4. The number of aliphatic hydroxyl groups excluding tert-OH is 1. The molecule has 0 aromatic heterocycles. The minimum atomic E-state index is -0.851. The first kappa shape index (κ1) is 9.17. The molecule has 0 saturated carbocycles. The third-order valence-electron chi connectivity index (χ3n) is 0.763. The minimum Gasteiger partial charge on any atom is -0.470 e. The van der Waals surface area contributed by atoms with Gasteiger partial charge in [-0.15, -0.1) is 0 Å². The van der Waals surface area contributed by atoms with Crippen molar-refractivity contribution in [3.8, 4) is 0 Å². The number of allylic oxidation sites excluding steroid dienone is 2. The van der Waals surface area contributed by atoms with Gasteiger partial charge in [-0.3, -0.25) is 4.79 Å². The zero-order chi connectivity index (χ0) is 8.15. The molecule has 0 aliphatic heterocycles. The number of aliphatic hydroxyl groups is 1. The van der Waals surface area contributed by atoms with Crippen molar-refractivity contribution >= 4 is 5.78 Å². The molecule has 0 bridgehead atoms. The summed E-state index contributed by atoms with van der Waals surface area (Å²) < 4.78 is 4.76. The number of ketones is 1. The van der Waals surface area contributed by atoms with Crippen molar-refractivity contribution in [3.63, 3.8) is 0 Å². The molecule has 0 aliphatic rings. The summed E-state index contributed by atoms with van der Waals surface area (Å²) in [6.45, 7) is 4.53. The van der Waals surface area contributed by atoms with Crippen LogP contribution in [-0.4, -0.2) is 17.2 Å². The van der Waals surface area contributed by atoms with Gasteiger partial charge in [-0.2, -0.15) is 0 Å². The standard InChI is InChI=1S/C7H12O3/c1-5(8)4-6(2)10-7(3)9/h4,7,9H,1-3H3/b6-4+. The fourth-order valence-corrected chi connectivity index (χ4v) is 0.589. The van der Waals surface area contributed by atoms with Crippen LogP contribution in [0.3, 0.4) is 0 Å². The van der Waals surface area contributed by atoms with Crippen LogP contribution in [0.25, 0.3) is 0 Å². The molecule has 0 amide bonds. The summed E-state index contributed by atoms with van der Waals surface area (Å²) >= 11 is 0. The second-order valence-electron chi connectivity index (χ2n) is 2.08. The van der Waals surface area contributed by atoms with Crippen LogP contribution in [-0.2, 0) is 9.53 Å². The average Bonchev–Trinajstić information content (AvgIpc) is 1.58. The Morgan fingerprint density at radius 3 is 2.40 bits per heavy atom. The van der Waals surface area contributed by atoms with E-state index in [4.69, 9.17) is 9.84 Å². The Morgan fingerprint density at radius 2 is 2.10 bits per heavy atom. The van der Waals surface area contributed by atoms with E-state index >= 15 is 0 Å². The Hall–Kier alpha value is -0.830. The van der Waals surface area contributed by atoms with E-state index in [-0.39, 0.29) is 5.78 Å². The largest absolute Gasteiger partial charge is 0.470 e. The second-order valence-corrected chi connectivity index (χ2v) is 2.08. The first-order valence-electron chi connectivity index (χ1n) is 3.06. The Bertz CT molecular complexity index is 147. The number of rotatable bonds is 3. The van der Waals surface area contributed by atoms with Crippen LogP contribution in [0, 0.1) is 0 Å². The fraction of sp³-hybridized carbons (Fsp3) is 0.571. The Balaban J connectivity index is 3.83. The number of carbonyl (C=O) groups is 1. The monoisotopic (exact) mass is 144 g/mol. The molecule has 0 rings (SSSR count). The summed E-state index contributed by atoms with van der Waals surface area (Å²) in [6.07, 6.45) is 0.475. The third-order valence-corrected chi connectivity index (χ3v) is 0.763. The lowest BCUT2D eigenvalue weighted by molar-refractivity contribution is -0.113. The number of hydrogen-bond acceptors (Lipinski definition) is 3. The maximum Gasteiger partial charge on any atom is 0.193 e. The SMILES string of the molecule is CC(=O)/C=C(\C)OC(C)O. The van der Waals surface area contributed by atoms with Crippen molar-refractivity contribution in [1.82, 2.24) is 0 Å². The van der Waals surface area contributed by atoms with Crippen LogP contribution in [0.2, 0.25) is 0 Å². The van der Waals surface area contributed by atoms with Gasteiger partial charge in [0, 0.05) is 6.08 Å². The topological polar surface area (TPSA) is 46.5 Å². The van der Waals surface area contributed by atoms with E-state index < -0.39 is 6.29 Å². The summed E-state index contributed by atoms with van der Waals surface area (Å²) in [5.41, 5.74) is 0. The van der Waals surface area contributed by atoms with Crippen molar-refractivity contribution in [2.24, 2.45) is 0 Å². The zero-order valence-corrected chi connectivity index (χ0v) is 6.42. The van der Waals surface area contributed by atoms with Crippen LogP contribution >= 0.6 is 0 Å². The number of carbonyl (C=O) groups excluding carboxylic acids is 1. The molecular weight excluding hydrogens is 132 g/mol. The summed E-state index contributed by atoms with van der Waals surface area (Å²) in [4.78, 5) is 10.4. The van der Waals surface area contributed by atoms with Crippen LogP contribution in [0.5, 0.6) is 0 Å². The van der Waals surface area contributed by atoms with Gasteiger partial charge in [0.05, 0.1) is 5.76 Å². The van der Waals surface area contributed by atoms with Crippen LogP contribution in [0.15, 0.2) is 11.8 Å². The molecule has 0 aliphatic carbocycles. The molecule has 1 unspecified atom stereocenters. The normalized spacial score (nSPS) is 14.6. The molecule has 0 fully saturated rings. The Kier molecular flexibility index (Phi) is 3.72. The van der Waals surface area contributed by atoms with Gasteiger partial charge in [-0.05, 0) is 20.8 Å². The molecule has 0 aromatic carbocycles. The van der Waals surface area contributed by atoms with Gasteiger partial charge in [0.2, 0.25) is 0 Å². The summed E-state index contributed by atoms with van der Waals surface area (Å²) in [6, 6.07) is 0. The van der Waals surface area contributed by atoms with Crippen LogP contribution in [0.4, 0.5) is 0 Å². The molecule has 0 heterocycles. The molecule has 0 radical (unpaired) electrons. The summed E-state index contributed by atoms with van der Waals surface area (Å²) in [7, 11) is 0. The molecule has 1 N–H and O–H groups in total. The Morgan fingerprint density at radius 1 is 1.60 bits per heavy atom. The van der Waals surface area contributed by atoms with Crippen molar-refractivity contribution < 1.29 is 14.6 Å². The predicted molar refractivity (Wildman–Crippen MR) is 37.2 cm³/mol. The van der Waals surface area contributed by atoms with E-state index in [0.717, 1.165) is 0 Å². The quantitative estimate of drug-likeness (QED) is 0.362. The van der Waals surface area contributed by atoms with Gasteiger partial charge in [-0.1, -0.05) is 0 Å². The van der Waals surface area contributed by atoms with Crippen LogP contribution < -0.4 is 0 Å². The molecule has 0 aromatic rings. The molecular formula is C7H12O3. The van der Waals surface area contributed by atoms with Crippen LogP contribution in [0.1, 0.15) is 20.8 Å². The summed E-state index contributed by atoms with van der Waals surface area (Å²) in [5.74, 6) is 0.348. The van der Waals surface area contributed by atoms with E-state index in [0.29, 0.717) is 5.76 Å². The van der Waals surface area contributed by atoms with Gasteiger partial charge >= 0.3 is 0 Å². The first-order chi connectivity index (χ1) is 4.52. The highest BCUT2D eigenvalue weighted by atomic mass is 16.6. The van der Waals surface area contributed by atoms with Gasteiger partial charge in [-0.25, -0.2) is 0 Å². The van der Waals surface area contributed by atoms with Gasteiger partial charge in [0.1, 0.15) is 0 Å². The maximum absolute atomic E-state index is 10.4. The molecule has 58 valence electrons. The molecule has 0 saturated heterocycles. The van der Waals surface area contributed by atoms with Crippen molar-refractivity contribution in [2.75, 3.05) is 0 Å². The van der Waals surface area contributed by atoms with Crippen molar-refractivity contribution in [3.05, 3.63) is 11.8 Å². The molecule has 3 nitrogen and oxygen atoms in total. The third kappa shape index (κ3) is 5.31. The van der Waals surface area contributed by atoms with Crippen molar-refractivity contribution in [1.29, 1.82) is 0 Å². The van der Waals surface area contributed by atoms with E-state index in [2.05, 4.69) is 0 Å². The first-order valence-corrected chi connectivity index (χ1v) is 3.06. The van der Waals surface area contributed by atoms with E-state index in [9.17, 15) is 4.79 Å². The zero-order valence-electron chi connectivity index (χ0n) is 6.42. The van der Waals surface area contributed by atoms with Gasteiger partial charge in [0.25, 0.3) is 0 Å². The van der Waals surface area contributed by atoms with E-state index in [1.807, 2.05) is 0 Å². The number of hydrogen-bond donors (Lipinski definition) is 1. The van der Waals surface area contributed by atoms with Crippen molar-refractivity contribution in [2.45, 2.75) is 27.1 Å². The van der Waals surface area contributed by atoms with Gasteiger partial charge < -0.3 is 9.84 Å². The predicted octanol–water partition coefficient (Wildman–Crippen LogP) is 0.834. The average molecular weight is 144 g/mol. The summed E-state index contributed by atoms with van der Waals surface area (Å²) in [5, 5.41) is 8.66. The molecule has 10 heavy (non-hydrogen) atoms. The second kappa shape index (κ2) is 4.06. The molecule has 1 atom stereocenters. The smallest absolute Gasteiger partial charge is 0.193 e. The highest BCUT2D eigenvalue weighted by Gasteiger charge is 1.96. The lowest BCUT2D eigenvalue weighted by atomic mass is 10.4. The highest BCUT2D eigenvalue weighted by molar-refractivity contribution is 5.87. The fourth-order valence-electron chi connectivity index (χ4n) is 0.589. The lowest BCUT2D eigenvalue weighted by Gasteiger charge is -2.06. The molecule has 0 spiro atoms. The highest BCUT2D eigenvalue weighted by Crippen LogP contribution is 1.98. The molecule has 3 heteroatoms. The Labute approximate surface area is 60.3 Å². The van der Waals surface area contributed by atoms with E-state index in [1.165, 1.54) is 19.9 Å². The minimum absolute atomic E-state index is 0.0850. The van der Waals surface area contributed by atoms with E-state index in [1.54, 1.807) is 6.92 Å². The van der Waals surface area contributed by atoms with Gasteiger partial charge in [0.15, 0.2) is 12.1 Å². The number of ether oxygens (including phenoxy) is 1.